The number of carboxylic acids is 1. The topological polar surface area (TPSA) is 49.8 Å². The van der Waals surface area contributed by atoms with Crippen LogP contribution in [0, 0.1) is 0 Å². The summed E-state index contributed by atoms with van der Waals surface area (Å²) in [6.07, 6.45) is 2.99. The van der Waals surface area contributed by atoms with E-state index in [1.165, 1.54) is 0 Å². The number of aromatic carboxylic acids is 1. The highest BCUT2D eigenvalue weighted by molar-refractivity contribution is 5.87. The predicted molar refractivity (Wildman–Crippen MR) is 73.3 cm³/mol. The number of benzene rings is 1. The fraction of sp³-hybridized carbons (Fsp3) is 0.533. The van der Waals surface area contributed by atoms with E-state index in [0.717, 1.165) is 31.5 Å². The molecule has 0 spiro atoms. The van der Waals surface area contributed by atoms with Gasteiger partial charge in [0.05, 0.1) is 17.8 Å². The molecule has 2 rings (SSSR count). The van der Waals surface area contributed by atoms with Gasteiger partial charge in [0.1, 0.15) is 0 Å². The van der Waals surface area contributed by atoms with Crippen molar-refractivity contribution in [1.82, 2.24) is 4.90 Å². The van der Waals surface area contributed by atoms with Crippen molar-refractivity contribution in [3.05, 3.63) is 35.4 Å². The highest BCUT2D eigenvalue weighted by atomic mass is 16.5. The quantitative estimate of drug-likeness (QED) is 0.886. The molecule has 1 heterocycles. The monoisotopic (exact) mass is 263 g/mol. The maximum Gasteiger partial charge on any atom is 0.335 e. The second-order valence-corrected chi connectivity index (χ2v) is 5.34. The highest BCUT2D eigenvalue weighted by Gasteiger charge is 2.22. The van der Waals surface area contributed by atoms with Gasteiger partial charge in [0.15, 0.2) is 0 Å². The number of hydrogen-bond donors (Lipinski definition) is 1. The Morgan fingerprint density at radius 1 is 1.37 bits per heavy atom. The zero-order valence-corrected chi connectivity index (χ0v) is 11.5. The van der Waals surface area contributed by atoms with Gasteiger partial charge in [-0.05, 0) is 44.5 Å². The summed E-state index contributed by atoms with van der Waals surface area (Å²) >= 11 is 0. The Hall–Kier alpha value is -1.39. The molecular formula is C15H21NO3. The van der Waals surface area contributed by atoms with Gasteiger partial charge in [-0.1, -0.05) is 12.1 Å². The SMILES string of the molecule is CC1CCC(CN(C)Cc2ccc(C(=O)O)cc2)O1. The Balaban J connectivity index is 1.84. The van der Waals surface area contributed by atoms with Crippen molar-refractivity contribution in [2.75, 3.05) is 13.6 Å². The van der Waals surface area contributed by atoms with Gasteiger partial charge < -0.3 is 9.84 Å². The lowest BCUT2D eigenvalue weighted by molar-refractivity contribution is 0.0352. The van der Waals surface area contributed by atoms with Crippen LogP contribution in [-0.4, -0.2) is 41.8 Å². The first-order valence-corrected chi connectivity index (χ1v) is 6.71. The summed E-state index contributed by atoms with van der Waals surface area (Å²) in [4.78, 5) is 13.0. The number of ether oxygens (including phenoxy) is 1. The Labute approximate surface area is 114 Å². The number of hydrogen-bond acceptors (Lipinski definition) is 3. The van der Waals surface area contributed by atoms with E-state index in [2.05, 4.69) is 18.9 Å². The van der Waals surface area contributed by atoms with Crippen LogP contribution in [0.4, 0.5) is 0 Å². The van der Waals surface area contributed by atoms with Gasteiger partial charge in [-0.3, -0.25) is 4.90 Å². The second kappa shape index (κ2) is 6.17. The Morgan fingerprint density at radius 3 is 2.58 bits per heavy atom. The molecule has 1 aromatic carbocycles. The van der Waals surface area contributed by atoms with Crippen molar-refractivity contribution >= 4 is 5.97 Å². The largest absolute Gasteiger partial charge is 0.478 e. The fourth-order valence-corrected chi connectivity index (χ4v) is 2.50. The predicted octanol–water partition coefficient (Wildman–Crippen LogP) is 2.38. The van der Waals surface area contributed by atoms with Crippen molar-refractivity contribution < 1.29 is 14.6 Å². The van der Waals surface area contributed by atoms with E-state index in [9.17, 15) is 4.79 Å². The molecule has 1 aliphatic heterocycles. The Morgan fingerprint density at radius 2 is 2.05 bits per heavy atom. The first-order chi connectivity index (χ1) is 9.04. The molecule has 0 amide bonds. The van der Waals surface area contributed by atoms with Crippen LogP contribution in [0.5, 0.6) is 0 Å². The van der Waals surface area contributed by atoms with Crippen LogP contribution >= 0.6 is 0 Å². The summed E-state index contributed by atoms with van der Waals surface area (Å²) in [5, 5.41) is 8.85. The lowest BCUT2D eigenvalue weighted by Crippen LogP contribution is -2.28. The maximum absolute atomic E-state index is 10.8. The van der Waals surface area contributed by atoms with Crippen LogP contribution in [0.3, 0.4) is 0 Å². The molecule has 1 N–H and O–H groups in total. The lowest BCUT2D eigenvalue weighted by Gasteiger charge is -2.21. The van der Waals surface area contributed by atoms with E-state index in [0.29, 0.717) is 17.8 Å². The van der Waals surface area contributed by atoms with Gasteiger partial charge in [-0.25, -0.2) is 4.79 Å². The average Bonchev–Trinajstić information content (AvgIpc) is 2.75. The molecule has 0 radical (unpaired) electrons. The normalized spacial score (nSPS) is 22.9. The number of carboxylic acid groups (broad SMARTS) is 1. The summed E-state index contributed by atoms with van der Waals surface area (Å²) in [7, 11) is 2.07. The van der Waals surface area contributed by atoms with Crippen LogP contribution in [0.15, 0.2) is 24.3 Å². The number of likely N-dealkylation sites (N-methyl/N-ethyl adjacent to an activating group) is 1. The first kappa shape index (κ1) is 14.0. The molecule has 19 heavy (non-hydrogen) atoms. The number of rotatable bonds is 5. The molecule has 1 saturated heterocycles. The molecule has 0 aromatic heterocycles. The molecule has 104 valence electrons. The van der Waals surface area contributed by atoms with Crippen LogP contribution in [0.2, 0.25) is 0 Å². The van der Waals surface area contributed by atoms with Crippen LogP contribution in [0.25, 0.3) is 0 Å². The zero-order chi connectivity index (χ0) is 13.8. The summed E-state index contributed by atoms with van der Waals surface area (Å²) < 4.78 is 5.80. The third kappa shape index (κ3) is 4.04. The Bertz CT molecular complexity index is 430. The van der Waals surface area contributed by atoms with E-state index in [-0.39, 0.29) is 0 Å². The standard InChI is InChI=1S/C15H21NO3/c1-11-3-8-14(19-11)10-16(2)9-12-4-6-13(7-5-12)15(17)18/h4-7,11,14H,3,8-10H2,1-2H3,(H,17,18). The first-order valence-electron chi connectivity index (χ1n) is 6.71. The molecule has 4 heteroatoms. The third-order valence-corrected chi connectivity index (χ3v) is 3.49. The molecule has 4 nitrogen and oxygen atoms in total. The maximum atomic E-state index is 10.8. The van der Waals surface area contributed by atoms with Gasteiger partial charge in [0.2, 0.25) is 0 Å². The van der Waals surface area contributed by atoms with Gasteiger partial charge in [0.25, 0.3) is 0 Å². The second-order valence-electron chi connectivity index (χ2n) is 5.34. The van der Waals surface area contributed by atoms with E-state index < -0.39 is 5.97 Å². The number of carbonyl (C=O) groups is 1. The van der Waals surface area contributed by atoms with Gasteiger partial charge in [-0.15, -0.1) is 0 Å². The van der Waals surface area contributed by atoms with E-state index in [4.69, 9.17) is 9.84 Å². The summed E-state index contributed by atoms with van der Waals surface area (Å²) in [5.74, 6) is -0.881. The minimum Gasteiger partial charge on any atom is -0.478 e. The highest BCUT2D eigenvalue weighted by Crippen LogP contribution is 2.20. The van der Waals surface area contributed by atoms with Crippen LogP contribution in [-0.2, 0) is 11.3 Å². The molecule has 0 aliphatic carbocycles. The molecule has 2 unspecified atom stereocenters. The summed E-state index contributed by atoms with van der Waals surface area (Å²) in [6, 6.07) is 7.05. The molecule has 2 atom stereocenters. The average molecular weight is 263 g/mol. The van der Waals surface area contributed by atoms with E-state index >= 15 is 0 Å². The third-order valence-electron chi connectivity index (χ3n) is 3.49. The molecular weight excluding hydrogens is 242 g/mol. The lowest BCUT2D eigenvalue weighted by atomic mass is 10.1. The van der Waals surface area contributed by atoms with Gasteiger partial charge >= 0.3 is 5.97 Å². The van der Waals surface area contributed by atoms with Gasteiger partial charge in [-0.2, -0.15) is 0 Å². The van der Waals surface area contributed by atoms with Crippen LogP contribution in [0.1, 0.15) is 35.7 Å². The molecule has 0 bridgehead atoms. The summed E-state index contributed by atoms with van der Waals surface area (Å²) in [5.41, 5.74) is 1.46. The minimum absolute atomic E-state index is 0.332. The van der Waals surface area contributed by atoms with Crippen LogP contribution < -0.4 is 0 Å². The molecule has 1 fully saturated rings. The van der Waals surface area contributed by atoms with Gasteiger partial charge in [0, 0.05) is 13.1 Å². The summed E-state index contributed by atoms with van der Waals surface area (Å²) in [6.45, 7) is 3.85. The van der Waals surface area contributed by atoms with Crippen molar-refractivity contribution in [3.8, 4) is 0 Å². The molecule has 1 aliphatic rings. The number of nitrogens with zero attached hydrogens (tertiary/aromatic N) is 1. The molecule has 0 saturated carbocycles. The van der Waals surface area contributed by atoms with Crippen molar-refractivity contribution in [2.45, 2.75) is 38.5 Å². The smallest absolute Gasteiger partial charge is 0.335 e. The van der Waals surface area contributed by atoms with Crippen molar-refractivity contribution in [2.24, 2.45) is 0 Å². The molecule has 1 aromatic rings. The van der Waals surface area contributed by atoms with Crippen molar-refractivity contribution in [1.29, 1.82) is 0 Å². The van der Waals surface area contributed by atoms with E-state index in [1.807, 2.05) is 12.1 Å². The van der Waals surface area contributed by atoms with E-state index in [1.54, 1.807) is 12.1 Å². The zero-order valence-electron chi connectivity index (χ0n) is 11.5. The Kier molecular flexibility index (Phi) is 4.56. The minimum atomic E-state index is -0.881. The van der Waals surface area contributed by atoms with Crippen molar-refractivity contribution in [3.63, 3.8) is 0 Å². The fourth-order valence-electron chi connectivity index (χ4n) is 2.50.